The van der Waals surface area contributed by atoms with Gasteiger partial charge in [0, 0.05) is 6.20 Å². The number of pyridine rings is 1. The van der Waals surface area contributed by atoms with Crippen LogP contribution < -0.4 is 0 Å². The quantitative estimate of drug-likeness (QED) is 0.542. The first-order valence-corrected chi connectivity index (χ1v) is 3.69. The third-order valence-electron chi connectivity index (χ3n) is 1.46. The monoisotopic (exact) mass is 201 g/mol. The van der Waals surface area contributed by atoms with Crippen LogP contribution in [0.4, 0.5) is 13.2 Å². The van der Waals surface area contributed by atoms with Gasteiger partial charge in [-0.05, 0) is 24.3 Å². The molecule has 0 spiro atoms. The van der Waals surface area contributed by atoms with Crippen molar-refractivity contribution in [1.82, 2.24) is 4.98 Å². The van der Waals surface area contributed by atoms with E-state index in [-0.39, 0.29) is 0 Å². The molecule has 0 amide bonds. The number of hydrogen-bond donors (Lipinski definition) is 0. The minimum atomic E-state index is -4.38. The largest absolute Gasteiger partial charge is 0.417 e. The van der Waals surface area contributed by atoms with Crippen molar-refractivity contribution in [1.29, 1.82) is 0 Å². The van der Waals surface area contributed by atoms with E-state index in [0.29, 0.717) is 12.0 Å². The van der Waals surface area contributed by atoms with Crippen LogP contribution in [0.3, 0.4) is 0 Å². The lowest BCUT2D eigenvalue weighted by molar-refractivity contribution is -0.137. The van der Waals surface area contributed by atoms with Gasteiger partial charge < -0.3 is 0 Å². The van der Waals surface area contributed by atoms with Crippen LogP contribution in [0, 0.1) is 0 Å². The second-order valence-electron chi connectivity index (χ2n) is 2.46. The fourth-order valence-electron chi connectivity index (χ4n) is 0.809. The van der Waals surface area contributed by atoms with E-state index in [0.717, 1.165) is 18.3 Å². The Morgan fingerprint density at radius 1 is 1.29 bits per heavy atom. The summed E-state index contributed by atoms with van der Waals surface area (Å²) in [4.78, 5) is 13.4. The molecule has 0 fully saturated rings. The molecular formula is C9H6F3NO. The highest BCUT2D eigenvalue weighted by Crippen LogP contribution is 2.28. The number of aromatic nitrogens is 1. The predicted molar refractivity (Wildman–Crippen MR) is 44.3 cm³/mol. The van der Waals surface area contributed by atoms with Crippen LogP contribution in [-0.2, 0) is 11.0 Å². The van der Waals surface area contributed by atoms with Gasteiger partial charge >= 0.3 is 6.18 Å². The standard InChI is InChI=1S/C9H6F3NO/c10-9(11,12)7-3-4-8(13-6-7)2-1-5-14/h1-6H. The number of carbonyl (C=O) groups is 1. The summed E-state index contributed by atoms with van der Waals surface area (Å²) in [6, 6.07) is 2.11. The van der Waals surface area contributed by atoms with Gasteiger partial charge in [-0.25, -0.2) is 0 Å². The smallest absolute Gasteiger partial charge is 0.299 e. The van der Waals surface area contributed by atoms with Crippen LogP contribution in [0.2, 0.25) is 0 Å². The molecule has 0 saturated heterocycles. The van der Waals surface area contributed by atoms with Gasteiger partial charge in [0.1, 0.15) is 6.29 Å². The number of alkyl halides is 3. The molecule has 1 rings (SSSR count). The van der Waals surface area contributed by atoms with Crippen molar-refractivity contribution >= 4 is 12.4 Å². The maximum Gasteiger partial charge on any atom is 0.417 e. The number of allylic oxidation sites excluding steroid dienone is 1. The van der Waals surface area contributed by atoms with Crippen LogP contribution in [0.25, 0.3) is 6.08 Å². The topological polar surface area (TPSA) is 30.0 Å². The zero-order valence-corrected chi connectivity index (χ0v) is 6.95. The molecule has 0 aliphatic carbocycles. The summed E-state index contributed by atoms with van der Waals surface area (Å²) >= 11 is 0. The number of aldehydes is 1. The molecule has 14 heavy (non-hydrogen) atoms. The number of rotatable bonds is 2. The van der Waals surface area contributed by atoms with E-state index in [1.54, 1.807) is 0 Å². The minimum absolute atomic E-state index is 0.310. The number of halogens is 3. The molecule has 0 aliphatic rings. The van der Waals surface area contributed by atoms with Crippen molar-refractivity contribution in [2.75, 3.05) is 0 Å². The molecule has 0 radical (unpaired) electrons. The lowest BCUT2D eigenvalue weighted by Gasteiger charge is -2.04. The highest BCUT2D eigenvalue weighted by atomic mass is 19.4. The fraction of sp³-hybridized carbons (Fsp3) is 0.111. The average Bonchev–Trinajstić information content (AvgIpc) is 2.14. The summed E-state index contributed by atoms with van der Waals surface area (Å²) < 4.78 is 36.2. The summed E-state index contributed by atoms with van der Waals surface area (Å²) in [5, 5.41) is 0. The normalized spacial score (nSPS) is 11.9. The van der Waals surface area contributed by atoms with Gasteiger partial charge in [0.05, 0.1) is 11.3 Å². The Balaban J connectivity index is 2.89. The molecule has 0 atom stereocenters. The first kappa shape index (κ1) is 10.4. The number of nitrogens with zero attached hydrogens (tertiary/aromatic N) is 1. The first-order valence-electron chi connectivity index (χ1n) is 3.69. The number of carbonyl (C=O) groups excluding carboxylic acids is 1. The van der Waals surface area contributed by atoms with Gasteiger partial charge in [-0.1, -0.05) is 0 Å². The highest BCUT2D eigenvalue weighted by molar-refractivity contribution is 5.72. The van der Waals surface area contributed by atoms with Crippen LogP contribution in [0.1, 0.15) is 11.3 Å². The Kier molecular flexibility index (Phi) is 3.01. The van der Waals surface area contributed by atoms with Crippen molar-refractivity contribution in [2.45, 2.75) is 6.18 Å². The van der Waals surface area contributed by atoms with Gasteiger partial charge in [-0.3, -0.25) is 9.78 Å². The summed E-state index contributed by atoms with van der Waals surface area (Å²) in [5.74, 6) is 0. The van der Waals surface area contributed by atoms with Crippen molar-refractivity contribution in [3.63, 3.8) is 0 Å². The third-order valence-corrected chi connectivity index (χ3v) is 1.46. The SMILES string of the molecule is O=CC=Cc1ccc(C(F)(F)F)cn1. The first-order chi connectivity index (χ1) is 6.54. The van der Waals surface area contributed by atoms with E-state index in [4.69, 9.17) is 0 Å². The molecule has 1 aromatic heterocycles. The van der Waals surface area contributed by atoms with Gasteiger partial charge in [-0.2, -0.15) is 13.2 Å². The minimum Gasteiger partial charge on any atom is -0.299 e. The van der Waals surface area contributed by atoms with Crippen LogP contribution in [0.5, 0.6) is 0 Å². The van der Waals surface area contributed by atoms with Crippen LogP contribution in [0.15, 0.2) is 24.4 Å². The van der Waals surface area contributed by atoms with Gasteiger partial charge in [0.2, 0.25) is 0 Å². The Labute approximate surface area is 78.1 Å². The molecule has 1 aromatic rings. The van der Waals surface area contributed by atoms with E-state index >= 15 is 0 Å². The molecule has 1 heterocycles. The van der Waals surface area contributed by atoms with Crippen molar-refractivity contribution < 1.29 is 18.0 Å². The molecule has 0 aliphatic heterocycles. The Hall–Kier alpha value is -1.65. The summed E-state index contributed by atoms with van der Waals surface area (Å²) in [6.07, 6.45) is -0.632. The van der Waals surface area contributed by atoms with E-state index in [1.807, 2.05) is 0 Å². The molecule has 2 nitrogen and oxygen atoms in total. The predicted octanol–water partition coefficient (Wildman–Crippen LogP) is 2.31. The Morgan fingerprint density at radius 3 is 2.43 bits per heavy atom. The second-order valence-corrected chi connectivity index (χ2v) is 2.46. The van der Waals surface area contributed by atoms with E-state index in [9.17, 15) is 18.0 Å². The maximum absolute atomic E-state index is 12.1. The summed E-state index contributed by atoms with van der Waals surface area (Å²) in [7, 11) is 0. The fourth-order valence-corrected chi connectivity index (χ4v) is 0.809. The summed E-state index contributed by atoms with van der Waals surface area (Å²) in [5.41, 5.74) is -0.495. The molecule has 0 aromatic carbocycles. The Morgan fingerprint density at radius 2 is 2.00 bits per heavy atom. The van der Waals surface area contributed by atoms with Crippen LogP contribution in [-0.4, -0.2) is 11.3 Å². The van der Waals surface area contributed by atoms with E-state index in [1.165, 1.54) is 12.1 Å². The number of hydrogen-bond acceptors (Lipinski definition) is 2. The lowest BCUT2D eigenvalue weighted by Crippen LogP contribution is -2.05. The average molecular weight is 201 g/mol. The van der Waals surface area contributed by atoms with Crippen molar-refractivity contribution in [2.24, 2.45) is 0 Å². The summed E-state index contributed by atoms with van der Waals surface area (Å²) in [6.45, 7) is 0. The molecule has 5 heteroatoms. The Bertz CT molecular complexity index is 340. The molecule has 0 unspecified atom stereocenters. The van der Waals surface area contributed by atoms with Crippen molar-refractivity contribution in [3.05, 3.63) is 35.7 Å². The molecule has 0 N–H and O–H groups in total. The van der Waals surface area contributed by atoms with Gasteiger partial charge in [0.15, 0.2) is 0 Å². The molecular weight excluding hydrogens is 195 g/mol. The van der Waals surface area contributed by atoms with E-state index in [2.05, 4.69) is 4.98 Å². The van der Waals surface area contributed by atoms with E-state index < -0.39 is 11.7 Å². The van der Waals surface area contributed by atoms with Gasteiger partial charge in [-0.15, -0.1) is 0 Å². The molecule has 0 bridgehead atoms. The van der Waals surface area contributed by atoms with Crippen molar-refractivity contribution in [3.8, 4) is 0 Å². The van der Waals surface area contributed by atoms with Crippen LogP contribution >= 0.6 is 0 Å². The second kappa shape index (κ2) is 4.04. The van der Waals surface area contributed by atoms with Gasteiger partial charge in [0.25, 0.3) is 0 Å². The lowest BCUT2D eigenvalue weighted by atomic mass is 10.2. The maximum atomic E-state index is 12.1. The highest BCUT2D eigenvalue weighted by Gasteiger charge is 2.30. The molecule has 74 valence electrons. The molecule has 0 saturated carbocycles. The third kappa shape index (κ3) is 2.69. The zero-order chi connectivity index (χ0) is 10.6. The zero-order valence-electron chi connectivity index (χ0n) is 6.95.